The van der Waals surface area contributed by atoms with Gasteiger partial charge in [-0.3, -0.25) is 5.84 Å². The van der Waals surface area contributed by atoms with Crippen LogP contribution in [0.25, 0.3) is 0 Å². The smallest absolute Gasteiger partial charge is 0.0361 e. The second-order valence-corrected chi connectivity index (χ2v) is 3.79. The van der Waals surface area contributed by atoms with E-state index in [1.165, 1.54) is 19.0 Å². The van der Waals surface area contributed by atoms with Crippen molar-refractivity contribution in [3.63, 3.8) is 0 Å². The minimum Gasteiger partial charge on any atom is -0.744 e. The number of hydrogen-bond acceptors (Lipinski definition) is 4. The van der Waals surface area contributed by atoms with Crippen LogP contribution in [0.1, 0.15) is 32.6 Å². The molecule has 0 aromatic heterocycles. The van der Waals surface area contributed by atoms with Crippen molar-refractivity contribution in [1.82, 2.24) is 5.17 Å². The molecule has 0 heterocycles. The number of hydrazine groups is 1. The molecule has 0 saturated heterocycles. The van der Waals surface area contributed by atoms with Crippen molar-refractivity contribution >= 4 is 0 Å². The minimum atomic E-state index is 0.251. The molecular formula is C9H18N3O-. The summed E-state index contributed by atoms with van der Waals surface area (Å²) in [4.78, 5) is 0. The van der Waals surface area contributed by atoms with Gasteiger partial charge in [-0.25, -0.2) is 0 Å². The SMILES string of the molecule is CC1CCCCC1/C(=C\N)N(N)[O-]. The van der Waals surface area contributed by atoms with Gasteiger partial charge in [-0.2, -0.15) is 0 Å². The Labute approximate surface area is 79.1 Å². The Bertz CT molecular complexity index is 191. The van der Waals surface area contributed by atoms with Crippen molar-refractivity contribution in [3.8, 4) is 0 Å². The molecule has 1 aliphatic carbocycles. The van der Waals surface area contributed by atoms with Gasteiger partial charge in [0, 0.05) is 17.8 Å². The van der Waals surface area contributed by atoms with Gasteiger partial charge in [-0.05, 0) is 12.3 Å². The van der Waals surface area contributed by atoms with E-state index in [1.54, 1.807) is 0 Å². The van der Waals surface area contributed by atoms with Gasteiger partial charge in [-0.1, -0.05) is 26.2 Å². The van der Waals surface area contributed by atoms with E-state index in [9.17, 15) is 5.21 Å². The maximum atomic E-state index is 11.0. The molecule has 4 heteroatoms. The van der Waals surface area contributed by atoms with Crippen LogP contribution in [0.15, 0.2) is 11.9 Å². The first-order chi connectivity index (χ1) is 6.16. The Kier molecular flexibility index (Phi) is 3.57. The number of allylic oxidation sites excluding steroid dienone is 1. The average Bonchev–Trinajstić information content (AvgIpc) is 2.09. The quantitative estimate of drug-likeness (QED) is 0.500. The summed E-state index contributed by atoms with van der Waals surface area (Å²) in [6, 6.07) is 0. The molecule has 0 radical (unpaired) electrons. The molecule has 4 nitrogen and oxygen atoms in total. The molecule has 0 amide bonds. The Morgan fingerprint density at radius 3 is 2.54 bits per heavy atom. The second-order valence-electron chi connectivity index (χ2n) is 3.79. The van der Waals surface area contributed by atoms with Crippen LogP contribution < -0.4 is 11.6 Å². The molecule has 1 aliphatic rings. The average molecular weight is 184 g/mol. The summed E-state index contributed by atoms with van der Waals surface area (Å²) in [6.45, 7) is 2.15. The Hall–Kier alpha value is -0.740. The van der Waals surface area contributed by atoms with Gasteiger partial charge in [0.25, 0.3) is 0 Å². The van der Waals surface area contributed by atoms with Crippen LogP contribution in [0.5, 0.6) is 0 Å². The lowest BCUT2D eigenvalue weighted by Gasteiger charge is -2.37. The number of nitrogens with zero attached hydrogens (tertiary/aromatic N) is 1. The van der Waals surface area contributed by atoms with Gasteiger partial charge in [0.1, 0.15) is 0 Å². The topological polar surface area (TPSA) is 78.3 Å². The monoisotopic (exact) mass is 184 g/mol. The summed E-state index contributed by atoms with van der Waals surface area (Å²) >= 11 is 0. The van der Waals surface area contributed by atoms with E-state index in [0.717, 1.165) is 12.8 Å². The van der Waals surface area contributed by atoms with Crippen molar-refractivity contribution < 1.29 is 0 Å². The third-order valence-corrected chi connectivity index (χ3v) is 2.92. The van der Waals surface area contributed by atoms with Crippen molar-refractivity contribution in [2.75, 3.05) is 0 Å². The molecule has 0 aromatic carbocycles. The van der Waals surface area contributed by atoms with Crippen LogP contribution in [-0.4, -0.2) is 5.17 Å². The third kappa shape index (κ3) is 2.35. The third-order valence-electron chi connectivity index (χ3n) is 2.92. The van der Waals surface area contributed by atoms with Gasteiger partial charge >= 0.3 is 0 Å². The highest BCUT2D eigenvalue weighted by Crippen LogP contribution is 2.34. The van der Waals surface area contributed by atoms with Crippen molar-refractivity contribution in [2.24, 2.45) is 23.4 Å². The molecule has 0 aromatic rings. The predicted octanol–water partition coefficient (Wildman–Crippen LogP) is 1.29. The summed E-state index contributed by atoms with van der Waals surface area (Å²) in [6.07, 6.45) is 5.95. The van der Waals surface area contributed by atoms with Crippen LogP contribution >= 0.6 is 0 Å². The zero-order valence-corrected chi connectivity index (χ0v) is 8.07. The largest absolute Gasteiger partial charge is 0.744 e. The molecule has 1 rings (SSSR count). The standard InChI is InChI=1S/C9H18N3O/c1-7-4-2-3-5-8(7)9(6-10)12(11)13/h6-8H,2-5,10-11H2,1H3/q-1/b9-6+. The summed E-state index contributed by atoms with van der Waals surface area (Å²) in [5, 5.41) is 11.4. The summed E-state index contributed by atoms with van der Waals surface area (Å²) < 4.78 is 0. The fourth-order valence-electron chi connectivity index (χ4n) is 2.12. The number of rotatable bonds is 2. The zero-order valence-electron chi connectivity index (χ0n) is 8.07. The Balaban J connectivity index is 2.67. The maximum Gasteiger partial charge on any atom is 0.0361 e. The number of hydroxylamine groups is 1. The lowest BCUT2D eigenvalue weighted by Crippen LogP contribution is -2.32. The Morgan fingerprint density at radius 1 is 1.46 bits per heavy atom. The van der Waals surface area contributed by atoms with E-state index in [-0.39, 0.29) is 5.92 Å². The first-order valence-corrected chi connectivity index (χ1v) is 4.80. The van der Waals surface area contributed by atoms with E-state index in [1.807, 2.05) is 0 Å². The van der Waals surface area contributed by atoms with Crippen molar-refractivity contribution in [1.29, 1.82) is 0 Å². The molecule has 2 atom stereocenters. The van der Waals surface area contributed by atoms with Gasteiger partial charge in [0.05, 0.1) is 0 Å². The van der Waals surface area contributed by atoms with E-state index >= 15 is 0 Å². The van der Waals surface area contributed by atoms with E-state index < -0.39 is 0 Å². The van der Waals surface area contributed by atoms with E-state index in [4.69, 9.17) is 11.6 Å². The molecule has 0 bridgehead atoms. The first kappa shape index (κ1) is 10.3. The fraction of sp³-hybridized carbons (Fsp3) is 0.778. The summed E-state index contributed by atoms with van der Waals surface area (Å²) in [5.41, 5.74) is 5.92. The normalized spacial score (nSPS) is 30.2. The molecule has 1 fully saturated rings. The number of hydrogen-bond donors (Lipinski definition) is 2. The van der Waals surface area contributed by atoms with Crippen LogP contribution in [0.4, 0.5) is 0 Å². The van der Waals surface area contributed by atoms with Gasteiger partial charge in [0.15, 0.2) is 0 Å². The molecule has 76 valence electrons. The maximum absolute atomic E-state index is 11.0. The van der Waals surface area contributed by atoms with Gasteiger partial charge < -0.3 is 16.1 Å². The Morgan fingerprint density at radius 2 is 2.08 bits per heavy atom. The highest BCUT2D eigenvalue weighted by molar-refractivity contribution is 5.05. The summed E-state index contributed by atoms with van der Waals surface area (Å²) in [7, 11) is 0. The van der Waals surface area contributed by atoms with E-state index in [2.05, 4.69) is 6.92 Å². The van der Waals surface area contributed by atoms with Crippen molar-refractivity contribution in [2.45, 2.75) is 32.6 Å². The molecule has 13 heavy (non-hydrogen) atoms. The predicted molar refractivity (Wildman–Crippen MR) is 52.8 cm³/mol. The van der Waals surface area contributed by atoms with Gasteiger partial charge in [0.2, 0.25) is 0 Å². The van der Waals surface area contributed by atoms with Crippen LogP contribution in [-0.2, 0) is 0 Å². The van der Waals surface area contributed by atoms with Gasteiger partial charge in [-0.15, -0.1) is 0 Å². The molecule has 2 unspecified atom stereocenters. The van der Waals surface area contributed by atoms with Crippen LogP contribution in [0.2, 0.25) is 0 Å². The summed E-state index contributed by atoms with van der Waals surface area (Å²) in [5.74, 6) is 5.94. The lowest BCUT2D eigenvalue weighted by molar-refractivity contribution is 0.248. The highest BCUT2D eigenvalue weighted by atomic mass is 16.5. The zero-order chi connectivity index (χ0) is 9.84. The molecule has 0 spiro atoms. The molecule has 4 N–H and O–H groups in total. The molecule has 1 saturated carbocycles. The van der Waals surface area contributed by atoms with Crippen LogP contribution in [0, 0.1) is 17.0 Å². The minimum absolute atomic E-state index is 0.251. The lowest BCUT2D eigenvalue weighted by atomic mass is 9.79. The fourth-order valence-corrected chi connectivity index (χ4v) is 2.12. The first-order valence-electron chi connectivity index (χ1n) is 4.80. The molecular weight excluding hydrogens is 166 g/mol. The molecule has 0 aliphatic heterocycles. The van der Waals surface area contributed by atoms with Crippen molar-refractivity contribution in [3.05, 3.63) is 17.1 Å². The van der Waals surface area contributed by atoms with E-state index in [0.29, 0.717) is 16.8 Å². The number of nitrogens with two attached hydrogens (primary N) is 2. The highest BCUT2D eigenvalue weighted by Gasteiger charge is 2.24. The second kappa shape index (κ2) is 4.48. The van der Waals surface area contributed by atoms with Crippen LogP contribution in [0.3, 0.4) is 0 Å².